The van der Waals surface area contributed by atoms with Crippen LogP contribution in [0.15, 0.2) is 36.5 Å². The van der Waals surface area contributed by atoms with Gasteiger partial charge in [-0.05, 0) is 18.6 Å². The van der Waals surface area contributed by atoms with E-state index in [0.29, 0.717) is 6.54 Å². The van der Waals surface area contributed by atoms with E-state index in [1.807, 2.05) is 16.9 Å². The molecule has 0 saturated heterocycles. The second-order valence-electron chi connectivity index (χ2n) is 3.70. The zero-order valence-electron chi connectivity index (χ0n) is 8.85. The zero-order chi connectivity index (χ0) is 10.7. The Kier molecular flexibility index (Phi) is 2.83. The maximum atomic E-state index is 5.50. The van der Waals surface area contributed by atoms with Crippen LogP contribution >= 0.6 is 0 Å². The Balaban J connectivity index is 2.14. The first-order valence-corrected chi connectivity index (χ1v) is 5.06. The molecule has 2 N–H and O–H groups in total. The van der Waals surface area contributed by atoms with E-state index in [0.717, 1.165) is 12.2 Å². The lowest BCUT2D eigenvalue weighted by Crippen LogP contribution is -2.03. The minimum Gasteiger partial charge on any atom is -0.325 e. The Hall–Kier alpha value is -1.61. The quantitative estimate of drug-likeness (QED) is 0.821. The first-order chi connectivity index (χ1) is 7.28. The van der Waals surface area contributed by atoms with Crippen molar-refractivity contribution >= 4 is 0 Å². The highest BCUT2D eigenvalue weighted by Crippen LogP contribution is 2.06. The van der Waals surface area contributed by atoms with Crippen molar-refractivity contribution in [3.8, 4) is 0 Å². The third kappa shape index (κ3) is 2.44. The molecule has 78 valence electrons. The number of hydrogen-bond acceptors (Lipinski definition) is 2. The Morgan fingerprint density at radius 3 is 2.87 bits per heavy atom. The average Bonchev–Trinajstić information content (AvgIpc) is 2.65. The molecule has 2 rings (SSSR count). The topological polar surface area (TPSA) is 43.8 Å². The molecule has 0 amide bonds. The molecule has 15 heavy (non-hydrogen) atoms. The van der Waals surface area contributed by atoms with Gasteiger partial charge in [0.05, 0.1) is 12.2 Å². The zero-order valence-corrected chi connectivity index (χ0v) is 8.85. The smallest absolute Gasteiger partial charge is 0.0760 e. The third-order valence-corrected chi connectivity index (χ3v) is 2.33. The van der Waals surface area contributed by atoms with Gasteiger partial charge in [-0.2, -0.15) is 5.10 Å². The lowest BCUT2D eigenvalue weighted by molar-refractivity contribution is 0.671. The van der Waals surface area contributed by atoms with Crippen LogP contribution in [0.1, 0.15) is 16.8 Å². The van der Waals surface area contributed by atoms with Gasteiger partial charge < -0.3 is 5.73 Å². The molecule has 1 heterocycles. The monoisotopic (exact) mass is 201 g/mol. The molecule has 0 aliphatic rings. The number of rotatable bonds is 3. The maximum Gasteiger partial charge on any atom is 0.0760 e. The molecule has 2 aromatic rings. The van der Waals surface area contributed by atoms with Gasteiger partial charge in [0.15, 0.2) is 0 Å². The van der Waals surface area contributed by atoms with Gasteiger partial charge in [-0.25, -0.2) is 0 Å². The molecule has 3 nitrogen and oxygen atoms in total. The molecule has 0 fully saturated rings. The fourth-order valence-corrected chi connectivity index (χ4v) is 1.60. The van der Waals surface area contributed by atoms with Crippen molar-refractivity contribution < 1.29 is 0 Å². The molecular weight excluding hydrogens is 186 g/mol. The summed E-state index contributed by atoms with van der Waals surface area (Å²) in [5.41, 5.74) is 8.98. The van der Waals surface area contributed by atoms with Crippen LogP contribution < -0.4 is 5.73 Å². The van der Waals surface area contributed by atoms with Crippen LogP contribution in [0.3, 0.4) is 0 Å². The van der Waals surface area contributed by atoms with Crippen molar-refractivity contribution in [2.45, 2.75) is 20.0 Å². The first kappa shape index (κ1) is 9.93. The normalized spacial score (nSPS) is 10.5. The number of hydrogen-bond donors (Lipinski definition) is 1. The van der Waals surface area contributed by atoms with Crippen LogP contribution in [0.5, 0.6) is 0 Å². The lowest BCUT2D eigenvalue weighted by atomic mass is 10.1. The molecular formula is C12H15N3. The van der Waals surface area contributed by atoms with Crippen molar-refractivity contribution in [1.82, 2.24) is 9.78 Å². The van der Waals surface area contributed by atoms with Gasteiger partial charge in [0.1, 0.15) is 0 Å². The lowest BCUT2D eigenvalue weighted by Gasteiger charge is -2.02. The van der Waals surface area contributed by atoms with E-state index in [2.05, 4.69) is 36.3 Å². The van der Waals surface area contributed by atoms with Gasteiger partial charge in [-0.15, -0.1) is 0 Å². The highest BCUT2D eigenvalue weighted by molar-refractivity contribution is 5.22. The Labute approximate surface area is 89.5 Å². The Bertz CT molecular complexity index is 446. The summed E-state index contributed by atoms with van der Waals surface area (Å²) in [6.45, 7) is 3.40. The molecule has 1 aromatic heterocycles. The summed E-state index contributed by atoms with van der Waals surface area (Å²) in [4.78, 5) is 0. The third-order valence-electron chi connectivity index (χ3n) is 2.33. The molecule has 0 unspecified atom stereocenters. The van der Waals surface area contributed by atoms with Crippen LogP contribution in [-0.2, 0) is 13.1 Å². The minimum absolute atomic E-state index is 0.501. The Morgan fingerprint density at radius 2 is 2.20 bits per heavy atom. The van der Waals surface area contributed by atoms with E-state index < -0.39 is 0 Å². The predicted molar refractivity (Wildman–Crippen MR) is 60.4 cm³/mol. The Morgan fingerprint density at radius 1 is 1.33 bits per heavy atom. The minimum atomic E-state index is 0.501. The van der Waals surface area contributed by atoms with E-state index in [1.54, 1.807) is 0 Å². The van der Waals surface area contributed by atoms with Crippen LogP contribution in [0.25, 0.3) is 0 Å². The molecule has 0 radical (unpaired) electrons. The van der Waals surface area contributed by atoms with Crippen LogP contribution in [0, 0.1) is 6.92 Å². The van der Waals surface area contributed by atoms with Crippen LogP contribution in [-0.4, -0.2) is 9.78 Å². The maximum absolute atomic E-state index is 5.50. The summed E-state index contributed by atoms with van der Waals surface area (Å²) in [7, 11) is 0. The number of nitrogens with two attached hydrogens (primary N) is 1. The fraction of sp³-hybridized carbons (Fsp3) is 0.250. The fourth-order valence-electron chi connectivity index (χ4n) is 1.60. The van der Waals surface area contributed by atoms with E-state index in [-0.39, 0.29) is 0 Å². The van der Waals surface area contributed by atoms with Crippen molar-refractivity contribution in [1.29, 1.82) is 0 Å². The molecule has 0 spiro atoms. The highest BCUT2D eigenvalue weighted by Gasteiger charge is 1.98. The summed E-state index contributed by atoms with van der Waals surface area (Å²) >= 11 is 0. The largest absolute Gasteiger partial charge is 0.325 e. The molecule has 0 saturated carbocycles. The van der Waals surface area contributed by atoms with Gasteiger partial charge in [-0.1, -0.05) is 29.8 Å². The van der Waals surface area contributed by atoms with E-state index >= 15 is 0 Å². The molecule has 0 aliphatic heterocycles. The summed E-state index contributed by atoms with van der Waals surface area (Å²) < 4.78 is 1.91. The van der Waals surface area contributed by atoms with Crippen LogP contribution in [0.2, 0.25) is 0 Å². The highest BCUT2D eigenvalue weighted by atomic mass is 15.3. The summed E-state index contributed by atoms with van der Waals surface area (Å²) in [6, 6.07) is 10.4. The molecule has 0 aliphatic carbocycles. The molecule has 1 aromatic carbocycles. The summed E-state index contributed by atoms with van der Waals surface area (Å²) in [6.07, 6.45) is 1.96. The number of aryl methyl sites for hydroxylation is 1. The van der Waals surface area contributed by atoms with E-state index in [9.17, 15) is 0 Å². The number of aromatic nitrogens is 2. The second-order valence-corrected chi connectivity index (χ2v) is 3.70. The molecule has 0 bridgehead atoms. The van der Waals surface area contributed by atoms with Gasteiger partial charge >= 0.3 is 0 Å². The van der Waals surface area contributed by atoms with Crippen molar-refractivity contribution in [2.24, 2.45) is 5.73 Å². The second kappa shape index (κ2) is 4.28. The van der Waals surface area contributed by atoms with Crippen molar-refractivity contribution in [2.75, 3.05) is 0 Å². The van der Waals surface area contributed by atoms with Crippen molar-refractivity contribution in [3.63, 3.8) is 0 Å². The summed E-state index contributed by atoms with van der Waals surface area (Å²) in [5.74, 6) is 0. The van der Waals surface area contributed by atoms with Gasteiger partial charge in [0, 0.05) is 12.7 Å². The van der Waals surface area contributed by atoms with Crippen molar-refractivity contribution in [3.05, 3.63) is 53.3 Å². The number of benzene rings is 1. The average molecular weight is 201 g/mol. The van der Waals surface area contributed by atoms with Gasteiger partial charge in [0.2, 0.25) is 0 Å². The standard InChI is InChI=1S/C12H15N3/c1-10-3-2-4-11(7-10)9-15-6-5-12(8-13)14-15/h2-7H,8-9,13H2,1H3. The van der Waals surface area contributed by atoms with E-state index in [1.165, 1.54) is 11.1 Å². The molecule has 3 heteroatoms. The van der Waals surface area contributed by atoms with Crippen LogP contribution in [0.4, 0.5) is 0 Å². The SMILES string of the molecule is Cc1cccc(Cn2ccc(CN)n2)c1. The molecule has 0 atom stereocenters. The van der Waals surface area contributed by atoms with E-state index in [4.69, 9.17) is 5.73 Å². The van der Waals surface area contributed by atoms with Gasteiger partial charge in [-0.3, -0.25) is 4.68 Å². The first-order valence-electron chi connectivity index (χ1n) is 5.06. The predicted octanol–water partition coefficient (Wildman–Crippen LogP) is 1.70. The summed E-state index contributed by atoms with van der Waals surface area (Å²) in [5, 5.41) is 4.35. The van der Waals surface area contributed by atoms with Gasteiger partial charge in [0.25, 0.3) is 0 Å². The number of nitrogens with zero attached hydrogens (tertiary/aromatic N) is 2.